The highest BCUT2D eigenvalue weighted by Gasteiger charge is 2.35. The Bertz CT molecular complexity index is 717. The number of hydrogen-bond acceptors (Lipinski definition) is 3. The SMILES string of the molecule is O=C(CC1C(=O)Nc2nc3ccccc3n21)NC1CC1. The molecule has 1 fully saturated rings. The first-order chi connectivity index (χ1) is 9.72. The molecule has 1 aliphatic heterocycles. The van der Waals surface area contributed by atoms with Gasteiger partial charge >= 0.3 is 0 Å². The summed E-state index contributed by atoms with van der Waals surface area (Å²) in [4.78, 5) is 28.3. The van der Waals surface area contributed by atoms with E-state index in [0.29, 0.717) is 12.0 Å². The van der Waals surface area contributed by atoms with Crippen molar-refractivity contribution in [3.05, 3.63) is 24.3 Å². The van der Waals surface area contributed by atoms with E-state index in [1.165, 1.54) is 0 Å². The van der Waals surface area contributed by atoms with E-state index in [-0.39, 0.29) is 18.2 Å². The molecule has 1 aromatic carbocycles. The lowest BCUT2D eigenvalue weighted by Crippen LogP contribution is -2.30. The summed E-state index contributed by atoms with van der Waals surface area (Å²) in [5.74, 6) is 0.294. The van der Waals surface area contributed by atoms with Gasteiger partial charge in [0.05, 0.1) is 17.5 Å². The predicted octanol–water partition coefficient (Wildman–Crippen LogP) is 1.20. The summed E-state index contributed by atoms with van der Waals surface area (Å²) in [5, 5.41) is 5.66. The molecule has 2 aromatic rings. The molecular formula is C14H14N4O2. The van der Waals surface area contributed by atoms with E-state index in [9.17, 15) is 9.59 Å². The molecule has 6 heteroatoms. The van der Waals surface area contributed by atoms with Crippen molar-refractivity contribution in [2.75, 3.05) is 5.32 Å². The number of aromatic nitrogens is 2. The third-order valence-electron chi connectivity index (χ3n) is 3.77. The van der Waals surface area contributed by atoms with Gasteiger partial charge in [-0.1, -0.05) is 12.1 Å². The van der Waals surface area contributed by atoms with Crippen molar-refractivity contribution in [2.24, 2.45) is 0 Å². The van der Waals surface area contributed by atoms with Crippen molar-refractivity contribution in [3.63, 3.8) is 0 Å². The molecule has 6 nitrogen and oxygen atoms in total. The molecule has 2 heterocycles. The molecule has 1 aliphatic carbocycles. The van der Waals surface area contributed by atoms with Gasteiger partial charge in [-0.3, -0.25) is 19.5 Å². The van der Waals surface area contributed by atoms with Crippen LogP contribution in [0.15, 0.2) is 24.3 Å². The second-order valence-corrected chi connectivity index (χ2v) is 5.35. The van der Waals surface area contributed by atoms with Gasteiger partial charge in [0.2, 0.25) is 17.8 Å². The van der Waals surface area contributed by atoms with Gasteiger partial charge in [0.1, 0.15) is 6.04 Å². The van der Waals surface area contributed by atoms with Gasteiger partial charge in [-0.15, -0.1) is 0 Å². The molecule has 0 spiro atoms. The van der Waals surface area contributed by atoms with Crippen molar-refractivity contribution >= 4 is 28.8 Å². The van der Waals surface area contributed by atoms with Crippen LogP contribution >= 0.6 is 0 Å². The molecule has 1 unspecified atom stereocenters. The van der Waals surface area contributed by atoms with Crippen molar-refractivity contribution in [3.8, 4) is 0 Å². The van der Waals surface area contributed by atoms with Crippen LogP contribution in [0.1, 0.15) is 25.3 Å². The van der Waals surface area contributed by atoms with E-state index in [1.807, 2.05) is 28.8 Å². The highest BCUT2D eigenvalue weighted by atomic mass is 16.2. The normalized spacial score (nSPS) is 20.8. The van der Waals surface area contributed by atoms with Crippen LogP contribution < -0.4 is 10.6 Å². The smallest absolute Gasteiger partial charge is 0.250 e. The number of nitrogens with one attached hydrogen (secondary N) is 2. The first-order valence-electron chi connectivity index (χ1n) is 6.79. The summed E-state index contributed by atoms with van der Waals surface area (Å²) >= 11 is 0. The van der Waals surface area contributed by atoms with Crippen LogP contribution in [0.2, 0.25) is 0 Å². The molecule has 1 saturated carbocycles. The largest absolute Gasteiger partial charge is 0.353 e. The first kappa shape index (κ1) is 11.5. The Labute approximate surface area is 115 Å². The standard InChI is InChI=1S/C14H14N4O2/c19-12(15-8-5-6-8)7-11-13(20)17-14-16-9-3-1-2-4-10(9)18(11)14/h1-4,8,11H,5-7H2,(H,15,19)(H,16,17,20). The van der Waals surface area contributed by atoms with Gasteiger partial charge in [0.15, 0.2) is 0 Å². The molecule has 1 aromatic heterocycles. The maximum Gasteiger partial charge on any atom is 0.250 e. The van der Waals surface area contributed by atoms with E-state index in [2.05, 4.69) is 15.6 Å². The second-order valence-electron chi connectivity index (χ2n) is 5.35. The molecule has 2 amide bonds. The number of carbonyl (C=O) groups is 2. The van der Waals surface area contributed by atoms with Crippen molar-refractivity contribution in [2.45, 2.75) is 31.3 Å². The Hall–Kier alpha value is -2.37. The number of nitrogens with zero attached hydrogens (tertiary/aromatic N) is 2. The average Bonchev–Trinajstić information content (AvgIpc) is 3.08. The lowest BCUT2D eigenvalue weighted by Gasteiger charge is -2.11. The number of fused-ring (bicyclic) bond motifs is 3. The van der Waals surface area contributed by atoms with Gasteiger partial charge in [0, 0.05) is 6.04 Å². The minimum Gasteiger partial charge on any atom is -0.353 e. The zero-order valence-corrected chi connectivity index (χ0v) is 10.8. The number of benzene rings is 1. The summed E-state index contributed by atoms with van der Waals surface area (Å²) in [6.45, 7) is 0. The number of amides is 2. The van der Waals surface area contributed by atoms with Gasteiger partial charge < -0.3 is 5.32 Å². The van der Waals surface area contributed by atoms with Crippen LogP contribution in [-0.2, 0) is 9.59 Å². The third kappa shape index (κ3) is 1.76. The highest BCUT2D eigenvalue weighted by molar-refractivity contribution is 6.02. The van der Waals surface area contributed by atoms with Crippen LogP contribution in [0.3, 0.4) is 0 Å². The molecule has 1 atom stereocenters. The van der Waals surface area contributed by atoms with Crippen molar-refractivity contribution in [1.82, 2.24) is 14.9 Å². The fourth-order valence-corrected chi connectivity index (χ4v) is 2.63. The Morgan fingerprint density at radius 1 is 1.40 bits per heavy atom. The number of para-hydroxylation sites is 2. The monoisotopic (exact) mass is 270 g/mol. The van der Waals surface area contributed by atoms with Crippen LogP contribution in [-0.4, -0.2) is 27.4 Å². The van der Waals surface area contributed by atoms with Crippen molar-refractivity contribution < 1.29 is 9.59 Å². The summed E-state index contributed by atoms with van der Waals surface area (Å²) in [6.07, 6.45) is 2.25. The molecule has 2 aliphatic rings. The average molecular weight is 270 g/mol. The van der Waals surface area contributed by atoms with Crippen LogP contribution in [0.25, 0.3) is 11.0 Å². The van der Waals surface area contributed by atoms with Crippen LogP contribution in [0.4, 0.5) is 5.95 Å². The predicted molar refractivity (Wildman–Crippen MR) is 73.2 cm³/mol. The number of hydrogen-bond donors (Lipinski definition) is 2. The fourth-order valence-electron chi connectivity index (χ4n) is 2.63. The molecule has 20 heavy (non-hydrogen) atoms. The molecule has 102 valence electrons. The quantitative estimate of drug-likeness (QED) is 0.879. The highest BCUT2D eigenvalue weighted by Crippen LogP contribution is 2.32. The van der Waals surface area contributed by atoms with E-state index in [4.69, 9.17) is 0 Å². The summed E-state index contributed by atoms with van der Waals surface area (Å²) in [7, 11) is 0. The number of anilines is 1. The molecule has 0 saturated heterocycles. The molecule has 0 bridgehead atoms. The van der Waals surface area contributed by atoms with E-state index < -0.39 is 6.04 Å². The minimum atomic E-state index is -0.504. The van der Waals surface area contributed by atoms with Gasteiger partial charge in [0.25, 0.3) is 0 Å². The Morgan fingerprint density at radius 2 is 2.20 bits per heavy atom. The Balaban J connectivity index is 1.67. The molecule has 2 N–H and O–H groups in total. The minimum absolute atomic E-state index is 0.0710. The number of carbonyl (C=O) groups excluding carboxylic acids is 2. The van der Waals surface area contributed by atoms with Gasteiger partial charge in [-0.25, -0.2) is 4.98 Å². The first-order valence-corrected chi connectivity index (χ1v) is 6.79. The topological polar surface area (TPSA) is 76.0 Å². The van der Waals surface area contributed by atoms with Crippen molar-refractivity contribution in [1.29, 1.82) is 0 Å². The van der Waals surface area contributed by atoms with Gasteiger partial charge in [-0.2, -0.15) is 0 Å². The second kappa shape index (κ2) is 4.06. The summed E-state index contributed by atoms with van der Waals surface area (Å²) in [6, 6.07) is 7.43. The summed E-state index contributed by atoms with van der Waals surface area (Å²) in [5.41, 5.74) is 1.71. The number of imidazole rings is 1. The Kier molecular flexibility index (Phi) is 2.33. The van der Waals surface area contributed by atoms with E-state index in [1.54, 1.807) is 0 Å². The van der Waals surface area contributed by atoms with Gasteiger partial charge in [-0.05, 0) is 25.0 Å². The van der Waals surface area contributed by atoms with Crippen LogP contribution in [0.5, 0.6) is 0 Å². The third-order valence-corrected chi connectivity index (χ3v) is 3.77. The maximum absolute atomic E-state index is 12.0. The molecular weight excluding hydrogens is 256 g/mol. The van der Waals surface area contributed by atoms with E-state index >= 15 is 0 Å². The lowest BCUT2D eigenvalue weighted by atomic mass is 10.2. The molecule has 0 radical (unpaired) electrons. The zero-order chi connectivity index (χ0) is 13.7. The fraction of sp³-hybridized carbons (Fsp3) is 0.357. The van der Waals surface area contributed by atoms with E-state index in [0.717, 1.165) is 23.9 Å². The summed E-state index contributed by atoms with van der Waals surface area (Å²) < 4.78 is 1.82. The Morgan fingerprint density at radius 3 is 3.00 bits per heavy atom. The zero-order valence-electron chi connectivity index (χ0n) is 10.8. The maximum atomic E-state index is 12.0. The number of rotatable bonds is 3. The van der Waals surface area contributed by atoms with Crippen LogP contribution in [0, 0.1) is 0 Å². The molecule has 4 rings (SSSR count). The lowest BCUT2D eigenvalue weighted by molar-refractivity contribution is -0.126.